The molecule has 0 aliphatic carbocycles. The quantitative estimate of drug-likeness (QED) is 0.526. The minimum Gasteiger partial charge on any atom is -0.344 e. The molecule has 0 aliphatic heterocycles. The van der Waals surface area contributed by atoms with E-state index in [0.29, 0.717) is 0 Å². The van der Waals surface area contributed by atoms with Gasteiger partial charge in [-0.05, 0) is 18.2 Å². The monoisotopic (exact) mass is 276 g/mol. The lowest BCUT2D eigenvalue weighted by Crippen LogP contribution is -1.77. The number of nitrogens with zero attached hydrogens (tertiary/aromatic N) is 3. The van der Waals surface area contributed by atoms with Crippen LogP contribution in [0.4, 0.5) is 0 Å². The Morgan fingerprint density at radius 3 is 1.95 bits per heavy atom. The second-order valence-corrected chi connectivity index (χ2v) is 4.28. The van der Waals surface area contributed by atoms with E-state index >= 15 is 0 Å². The van der Waals surface area contributed by atoms with E-state index in [1.54, 1.807) is 6.33 Å². The highest BCUT2D eigenvalue weighted by Crippen LogP contribution is 2.08. The number of hydrogen-bond acceptors (Lipinski definition) is 4. The lowest BCUT2D eigenvalue weighted by Gasteiger charge is -1.91. The van der Waals surface area contributed by atoms with Gasteiger partial charge in [-0.25, -0.2) is 9.97 Å². The van der Waals surface area contributed by atoms with Gasteiger partial charge in [0.25, 0.3) is 0 Å². The van der Waals surface area contributed by atoms with E-state index in [4.69, 9.17) is 0 Å². The highest BCUT2D eigenvalue weighted by Gasteiger charge is 1.88. The van der Waals surface area contributed by atoms with Crippen molar-refractivity contribution >= 4 is 21.8 Å². The van der Waals surface area contributed by atoms with Crippen LogP contribution in [0.15, 0.2) is 79.4 Å². The fourth-order valence-electron chi connectivity index (χ4n) is 1.94. The molecule has 0 saturated heterocycles. The zero-order valence-electron chi connectivity index (χ0n) is 11.6. The van der Waals surface area contributed by atoms with Crippen LogP contribution in [0.1, 0.15) is 0 Å². The highest BCUT2D eigenvalue weighted by molar-refractivity contribution is 5.78. The fourth-order valence-corrected chi connectivity index (χ4v) is 1.94. The van der Waals surface area contributed by atoms with Crippen molar-refractivity contribution < 1.29 is 0 Å². The Hall–Kier alpha value is -2.85. The molecule has 0 radical (unpaired) electrons. The Morgan fingerprint density at radius 1 is 0.619 bits per heavy atom. The van der Waals surface area contributed by atoms with Crippen molar-refractivity contribution in [2.45, 2.75) is 0 Å². The normalized spacial score (nSPS) is 9.52. The SMILES string of the molecule is N.c1ccc2ncccc2c1.c1ccc2ncncc2c1. The largest absolute Gasteiger partial charge is 0.344 e. The van der Waals surface area contributed by atoms with Gasteiger partial charge in [-0.2, -0.15) is 0 Å². The standard InChI is InChI=1S/C9H7N.C8H6N2.H3N/c1-2-6-9-8(4-1)5-3-7-10-9;1-2-4-8-7(3-1)5-9-6-10-8;/h1-7H;1-6H;1H3. The Labute approximate surface area is 123 Å². The summed E-state index contributed by atoms with van der Waals surface area (Å²) in [5, 5.41) is 2.29. The first-order valence-corrected chi connectivity index (χ1v) is 6.38. The maximum atomic E-state index is 4.18. The lowest BCUT2D eigenvalue weighted by molar-refractivity contribution is 1.22. The van der Waals surface area contributed by atoms with Gasteiger partial charge in [0.1, 0.15) is 6.33 Å². The Bertz CT molecular complexity index is 628. The summed E-state index contributed by atoms with van der Waals surface area (Å²) in [5.41, 5.74) is 2.06. The average molecular weight is 276 g/mol. The minimum absolute atomic E-state index is 0. The number of hydrogen-bond donors (Lipinski definition) is 1. The molecule has 0 fully saturated rings. The number of para-hydroxylation sites is 2. The van der Waals surface area contributed by atoms with Crippen molar-refractivity contribution in [2.75, 3.05) is 0 Å². The number of pyridine rings is 1. The first-order chi connectivity index (χ1) is 9.93. The predicted molar refractivity (Wildman–Crippen MR) is 86.3 cm³/mol. The summed E-state index contributed by atoms with van der Waals surface area (Å²) in [6.45, 7) is 0. The molecule has 4 aromatic rings. The van der Waals surface area contributed by atoms with Gasteiger partial charge in [0.05, 0.1) is 11.0 Å². The summed E-state index contributed by atoms with van der Waals surface area (Å²) in [6.07, 6.45) is 5.17. The van der Waals surface area contributed by atoms with Crippen molar-refractivity contribution in [3.05, 3.63) is 79.4 Å². The van der Waals surface area contributed by atoms with Crippen LogP contribution in [0.2, 0.25) is 0 Å². The number of rotatable bonds is 0. The van der Waals surface area contributed by atoms with Crippen LogP contribution in [0.25, 0.3) is 21.8 Å². The van der Waals surface area contributed by atoms with Gasteiger partial charge >= 0.3 is 0 Å². The Kier molecular flexibility index (Phi) is 4.90. The van der Waals surface area contributed by atoms with Crippen LogP contribution in [0.3, 0.4) is 0 Å². The first-order valence-electron chi connectivity index (χ1n) is 6.38. The molecule has 104 valence electrons. The van der Waals surface area contributed by atoms with Crippen LogP contribution in [0.5, 0.6) is 0 Å². The summed E-state index contributed by atoms with van der Waals surface area (Å²) in [4.78, 5) is 12.2. The molecule has 0 unspecified atom stereocenters. The lowest BCUT2D eigenvalue weighted by atomic mass is 10.2. The van der Waals surface area contributed by atoms with E-state index in [9.17, 15) is 0 Å². The third kappa shape index (κ3) is 3.58. The van der Waals surface area contributed by atoms with Gasteiger partial charge in [0.15, 0.2) is 0 Å². The molecular weight excluding hydrogens is 260 g/mol. The zero-order chi connectivity index (χ0) is 13.6. The maximum absolute atomic E-state index is 4.18. The van der Waals surface area contributed by atoms with Gasteiger partial charge in [-0.3, -0.25) is 4.98 Å². The smallest absolute Gasteiger partial charge is 0.116 e. The van der Waals surface area contributed by atoms with Crippen molar-refractivity contribution in [1.82, 2.24) is 21.1 Å². The fraction of sp³-hybridized carbons (Fsp3) is 0. The van der Waals surface area contributed by atoms with Crippen LogP contribution in [-0.4, -0.2) is 15.0 Å². The predicted octanol–water partition coefficient (Wildman–Crippen LogP) is 4.03. The molecule has 4 nitrogen and oxygen atoms in total. The summed E-state index contributed by atoms with van der Waals surface area (Å²) in [7, 11) is 0. The first kappa shape index (κ1) is 14.6. The van der Waals surface area contributed by atoms with Crippen LogP contribution in [0, 0.1) is 0 Å². The van der Waals surface area contributed by atoms with E-state index in [1.807, 2.05) is 60.9 Å². The molecule has 0 saturated carbocycles. The van der Waals surface area contributed by atoms with Gasteiger partial charge in [0, 0.05) is 23.2 Å². The van der Waals surface area contributed by atoms with Gasteiger partial charge < -0.3 is 6.15 Å². The molecule has 4 heteroatoms. The van der Waals surface area contributed by atoms with Gasteiger partial charge in [-0.15, -0.1) is 0 Å². The van der Waals surface area contributed by atoms with Crippen LogP contribution >= 0.6 is 0 Å². The third-order valence-electron chi connectivity index (χ3n) is 2.93. The molecule has 0 amide bonds. The van der Waals surface area contributed by atoms with E-state index in [2.05, 4.69) is 27.1 Å². The molecule has 3 N–H and O–H groups in total. The molecular formula is C17H16N4. The number of fused-ring (bicyclic) bond motifs is 2. The van der Waals surface area contributed by atoms with Crippen LogP contribution < -0.4 is 6.15 Å². The molecule has 2 heterocycles. The summed E-state index contributed by atoms with van der Waals surface area (Å²) < 4.78 is 0. The molecule has 0 spiro atoms. The summed E-state index contributed by atoms with van der Waals surface area (Å²) in [6, 6.07) is 20.0. The van der Waals surface area contributed by atoms with E-state index < -0.39 is 0 Å². The van der Waals surface area contributed by atoms with Crippen LogP contribution in [-0.2, 0) is 0 Å². The van der Waals surface area contributed by atoms with Crippen molar-refractivity contribution in [3.63, 3.8) is 0 Å². The molecule has 0 bridgehead atoms. The molecule has 0 atom stereocenters. The number of benzene rings is 2. The number of aromatic nitrogens is 3. The molecule has 4 rings (SSSR count). The minimum atomic E-state index is 0. The topological polar surface area (TPSA) is 73.7 Å². The second kappa shape index (κ2) is 7.07. The van der Waals surface area contributed by atoms with Gasteiger partial charge in [0.2, 0.25) is 0 Å². The molecule has 0 aliphatic rings. The molecule has 21 heavy (non-hydrogen) atoms. The zero-order valence-corrected chi connectivity index (χ0v) is 11.6. The molecule has 2 aromatic heterocycles. The highest BCUT2D eigenvalue weighted by atomic mass is 14.8. The maximum Gasteiger partial charge on any atom is 0.116 e. The molecule has 2 aromatic carbocycles. The summed E-state index contributed by atoms with van der Waals surface area (Å²) >= 11 is 0. The second-order valence-electron chi connectivity index (χ2n) is 4.28. The Morgan fingerprint density at radius 2 is 1.24 bits per heavy atom. The van der Waals surface area contributed by atoms with Gasteiger partial charge in [-0.1, -0.05) is 42.5 Å². The van der Waals surface area contributed by atoms with E-state index in [0.717, 1.165) is 16.4 Å². The van der Waals surface area contributed by atoms with Crippen molar-refractivity contribution in [2.24, 2.45) is 0 Å². The third-order valence-corrected chi connectivity index (χ3v) is 2.93. The summed E-state index contributed by atoms with van der Waals surface area (Å²) in [5.74, 6) is 0. The van der Waals surface area contributed by atoms with Crippen molar-refractivity contribution in [1.29, 1.82) is 0 Å². The van der Waals surface area contributed by atoms with E-state index in [-0.39, 0.29) is 6.15 Å². The van der Waals surface area contributed by atoms with Crippen molar-refractivity contribution in [3.8, 4) is 0 Å². The van der Waals surface area contributed by atoms with E-state index in [1.165, 1.54) is 5.39 Å². The Balaban J connectivity index is 0.000000147. The average Bonchev–Trinajstić information content (AvgIpc) is 2.56.